The molecule has 0 bridgehead atoms. The number of aliphatic carboxylic acids is 1. The minimum absolute atomic E-state index is 0.0214. The Balaban J connectivity index is 0.00000210. The summed E-state index contributed by atoms with van der Waals surface area (Å²) in [5.41, 5.74) is 5.42. The molecule has 12 heteroatoms. The summed E-state index contributed by atoms with van der Waals surface area (Å²) < 4.78 is 27.6. The van der Waals surface area contributed by atoms with Crippen LogP contribution in [0.15, 0.2) is 12.1 Å². The van der Waals surface area contributed by atoms with Crippen LogP contribution in [0.4, 0.5) is 0 Å². The Labute approximate surface area is 155 Å². The zero-order valence-corrected chi connectivity index (χ0v) is 15.7. The summed E-state index contributed by atoms with van der Waals surface area (Å²) in [5.74, 6) is -2.68. The van der Waals surface area contributed by atoms with Gasteiger partial charge in [0.25, 0.3) is 0 Å². The summed E-state index contributed by atoms with van der Waals surface area (Å²) in [7, 11) is -1.28. The van der Waals surface area contributed by atoms with Crippen molar-refractivity contribution >= 4 is 19.5 Å². The molecule has 11 nitrogen and oxygen atoms in total. The molecule has 0 aromatic heterocycles. The Morgan fingerprint density at radius 1 is 1.26 bits per heavy atom. The topological polar surface area (TPSA) is 183 Å². The predicted molar refractivity (Wildman–Crippen MR) is 91.0 cm³/mol. The van der Waals surface area contributed by atoms with Gasteiger partial charge < -0.3 is 35.1 Å². The molecule has 0 aliphatic rings. The van der Waals surface area contributed by atoms with Crippen molar-refractivity contribution in [1.82, 2.24) is 0 Å². The number of carboxylic acid groups (broad SMARTS) is 1. The number of methoxy groups -OCH3 is 2. The normalized spacial score (nSPS) is 13.2. The van der Waals surface area contributed by atoms with Gasteiger partial charge in [-0.25, -0.2) is 4.79 Å². The molecule has 27 heavy (non-hydrogen) atoms. The monoisotopic (exact) mass is 407 g/mol. The van der Waals surface area contributed by atoms with Gasteiger partial charge in [-0.3, -0.25) is 4.57 Å². The van der Waals surface area contributed by atoms with Crippen LogP contribution in [0.2, 0.25) is 0 Å². The molecule has 0 heterocycles. The van der Waals surface area contributed by atoms with Crippen LogP contribution in [0, 0.1) is 0 Å². The molecule has 0 amide bonds. The van der Waals surface area contributed by atoms with E-state index in [1.165, 1.54) is 26.4 Å². The van der Waals surface area contributed by atoms with Crippen molar-refractivity contribution < 1.29 is 48.3 Å². The van der Waals surface area contributed by atoms with Gasteiger partial charge in [-0.05, 0) is 30.7 Å². The fraction of sp³-hybridized carbons (Fsp3) is 0.467. The lowest BCUT2D eigenvalue weighted by Crippen LogP contribution is -2.12. The number of aliphatic hydroxyl groups excluding tert-OH is 1. The first kappa shape index (κ1) is 24.6. The predicted octanol–water partition coefficient (Wildman–Crippen LogP) is 0.194. The Kier molecular flexibility index (Phi) is 11.0. The first-order valence-corrected chi connectivity index (χ1v) is 9.39. The van der Waals surface area contributed by atoms with Gasteiger partial charge in [-0.15, -0.1) is 0 Å². The van der Waals surface area contributed by atoms with Crippen LogP contribution >= 0.6 is 7.37 Å². The zero-order chi connectivity index (χ0) is 21.0. The van der Waals surface area contributed by atoms with E-state index in [1.54, 1.807) is 0 Å². The first-order valence-electron chi connectivity index (χ1n) is 7.47. The minimum Gasteiger partial charge on any atom is -0.493 e. The molecule has 0 aliphatic heterocycles. The molecule has 1 aromatic rings. The fourth-order valence-corrected chi connectivity index (χ4v) is 3.49. The second-order valence-corrected chi connectivity index (χ2v) is 7.46. The molecule has 1 rings (SSSR count). The van der Waals surface area contributed by atoms with Crippen LogP contribution in [0.25, 0.3) is 0 Å². The Hall–Kier alpha value is -2.42. The lowest BCUT2D eigenvalue weighted by Gasteiger charge is -2.21. The van der Waals surface area contributed by atoms with Crippen molar-refractivity contribution in [3.63, 3.8) is 0 Å². The number of rotatable bonds is 10. The maximum Gasteiger partial charge on any atom is 0.373 e. The Morgan fingerprint density at radius 3 is 2.11 bits per heavy atom. The van der Waals surface area contributed by atoms with Gasteiger partial charge in [0.15, 0.2) is 24.0 Å². The maximum atomic E-state index is 12.2. The highest BCUT2D eigenvalue weighted by Gasteiger charge is 2.31. The largest absolute Gasteiger partial charge is 0.493 e. The average Bonchev–Trinajstić information content (AvgIpc) is 2.63. The van der Waals surface area contributed by atoms with Crippen LogP contribution in [0.5, 0.6) is 17.2 Å². The van der Waals surface area contributed by atoms with Crippen LogP contribution in [-0.2, 0) is 18.9 Å². The molecule has 2 unspecified atom stereocenters. The molecule has 0 saturated carbocycles. The van der Waals surface area contributed by atoms with Crippen molar-refractivity contribution in [3.05, 3.63) is 17.7 Å². The van der Waals surface area contributed by atoms with Crippen molar-refractivity contribution in [2.75, 3.05) is 33.5 Å². The molecule has 1 aromatic carbocycles. The summed E-state index contributed by atoms with van der Waals surface area (Å²) in [6.45, 7) is -0.393. The number of carbonyl (C=O) groups excluding carboxylic acids is 2. The average molecular weight is 407 g/mol. The van der Waals surface area contributed by atoms with E-state index in [0.717, 1.165) is 0 Å². The number of hydrogen-bond donors (Lipinski definition) is 4. The van der Waals surface area contributed by atoms with Gasteiger partial charge in [0.1, 0.15) is 0 Å². The van der Waals surface area contributed by atoms with E-state index in [4.69, 9.17) is 34.6 Å². The van der Waals surface area contributed by atoms with Crippen LogP contribution < -0.4 is 19.9 Å². The van der Waals surface area contributed by atoms with Gasteiger partial charge in [0.05, 0.1) is 14.2 Å². The highest BCUT2D eigenvalue weighted by molar-refractivity contribution is 7.58. The second kappa shape index (κ2) is 12.1. The molecule has 152 valence electrons. The number of nitrogens with two attached hydrogens (primary N) is 1. The third-order valence-electron chi connectivity index (χ3n) is 3.19. The van der Waals surface area contributed by atoms with Gasteiger partial charge in [0, 0.05) is 6.16 Å². The van der Waals surface area contributed by atoms with E-state index in [-0.39, 0.29) is 41.7 Å². The summed E-state index contributed by atoms with van der Waals surface area (Å²) in [6.07, 6.45) is 0.408. The lowest BCUT2D eigenvalue weighted by atomic mass is 10.2. The molecule has 5 N–H and O–H groups in total. The molecule has 0 fully saturated rings. The number of benzene rings is 1. The summed E-state index contributed by atoms with van der Waals surface area (Å²) in [5, 5.41) is 18.9. The number of hydrogen-bond acceptors (Lipinski definition) is 9. The number of aliphatic hydroxyl groups is 1. The smallest absolute Gasteiger partial charge is 0.373 e. The van der Waals surface area contributed by atoms with Gasteiger partial charge in [-0.1, -0.05) is 0 Å². The van der Waals surface area contributed by atoms with Gasteiger partial charge in [0.2, 0.25) is 13.1 Å². The second-order valence-electron chi connectivity index (χ2n) is 5.02. The van der Waals surface area contributed by atoms with Crippen molar-refractivity contribution in [2.45, 2.75) is 12.3 Å². The van der Waals surface area contributed by atoms with Crippen molar-refractivity contribution in [2.24, 2.45) is 5.73 Å². The summed E-state index contributed by atoms with van der Waals surface area (Å²) >= 11 is 0. The van der Waals surface area contributed by atoms with Crippen molar-refractivity contribution in [3.8, 4) is 17.2 Å². The minimum atomic E-state index is -3.90. The maximum absolute atomic E-state index is 12.2. The fourth-order valence-electron chi connectivity index (χ4n) is 2.00. The lowest BCUT2D eigenvalue weighted by molar-refractivity contribution is -0.191. The Morgan fingerprint density at radius 2 is 1.74 bits per heavy atom. The van der Waals surface area contributed by atoms with E-state index in [1.807, 2.05) is 0 Å². The SMILES string of the molecule is COc1cc(C(O)P(=O)(O)CCCN)cc(OC)c1OCC(=O)O.O=C=O. The molecular weight excluding hydrogens is 385 g/mol. The molecule has 0 radical (unpaired) electrons. The van der Waals surface area contributed by atoms with E-state index in [2.05, 4.69) is 0 Å². The molecular formula is C15H22NO10P. The molecule has 0 spiro atoms. The van der Waals surface area contributed by atoms with Gasteiger partial charge >= 0.3 is 12.1 Å². The number of ether oxygens (including phenoxy) is 3. The van der Waals surface area contributed by atoms with Crippen molar-refractivity contribution in [1.29, 1.82) is 0 Å². The highest BCUT2D eigenvalue weighted by atomic mass is 31.2. The highest BCUT2D eigenvalue weighted by Crippen LogP contribution is 2.56. The summed E-state index contributed by atoms with van der Waals surface area (Å²) in [6, 6.07) is 2.60. The quantitative estimate of drug-likeness (QED) is 0.388. The van der Waals surface area contributed by atoms with E-state index >= 15 is 0 Å². The standard InChI is InChI=1S/C14H22NO8P.CO2/c1-21-10-6-9(14(18)24(19,20)5-3-4-15)7-11(22-2)13(10)23-8-12(16)17;2-1-3/h6-7,14,18H,3-5,8,15H2,1-2H3,(H,16,17)(H,19,20);. The summed E-state index contributed by atoms with van der Waals surface area (Å²) in [4.78, 5) is 36.9. The van der Waals surface area contributed by atoms with Crippen LogP contribution in [0.3, 0.4) is 0 Å². The van der Waals surface area contributed by atoms with E-state index in [0.29, 0.717) is 6.42 Å². The third-order valence-corrected chi connectivity index (χ3v) is 5.21. The van der Waals surface area contributed by atoms with Crippen LogP contribution in [0.1, 0.15) is 17.8 Å². The third kappa shape index (κ3) is 7.78. The van der Waals surface area contributed by atoms with Gasteiger partial charge in [-0.2, -0.15) is 9.59 Å². The molecule has 0 aliphatic carbocycles. The number of carboxylic acids is 1. The van der Waals surface area contributed by atoms with E-state index < -0.39 is 25.8 Å². The van der Waals surface area contributed by atoms with Crippen LogP contribution in [-0.4, -0.2) is 60.8 Å². The first-order chi connectivity index (χ1) is 12.7. The molecule has 0 saturated heterocycles. The zero-order valence-electron chi connectivity index (χ0n) is 14.8. The van der Waals surface area contributed by atoms with E-state index in [9.17, 15) is 19.4 Å². The molecule has 2 atom stereocenters. The number of carbonyl (C=O) groups is 1. The Bertz CT molecular complexity index is 677.